The van der Waals surface area contributed by atoms with Gasteiger partial charge in [-0.05, 0) is 25.3 Å². The van der Waals surface area contributed by atoms with Gasteiger partial charge in [-0.15, -0.1) is 0 Å². The minimum absolute atomic E-state index is 0.0181. The van der Waals surface area contributed by atoms with Crippen LogP contribution < -0.4 is 10.2 Å². The molecule has 0 unspecified atom stereocenters. The van der Waals surface area contributed by atoms with Gasteiger partial charge >= 0.3 is 5.97 Å². The molecule has 0 saturated heterocycles. The summed E-state index contributed by atoms with van der Waals surface area (Å²) in [4.78, 5) is 24.7. The van der Waals surface area contributed by atoms with Gasteiger partial charge in [0.2, 0.25) is 11.2 Å². The molecule has 1 heterocycles. The Balaban J connectivity index is 2.31. The van der Waals surface area contributed by atoms with E-state index in [1.807, 2.05) is 6.92 Å². The average molecular weight is 337 g/mol. The second-order valence-electron chi connectivity index (χ2n) is 5.75. The van der Waals surface area contributed by atoms with Gasteiger partial charge in [-0.3, -0.25) is 4.79 Å². The van der Waals surface area contributed by atoms with E-state index in [0.29, 0.717) is 6.42 Å². The van der Waals surface area contributed by atoms with Crippen LogP contribution in [-0.2, 0) is 4.74 Å². The Morgan fingerprint density at radius 2 is 2.08 bits per heavy atom. The van der Waals surface area contributed by atoms with E-state index in [2.05, 4.69) is 0 Å². The van der Waals surface area contributed by atoms with Crippen molar-refractivity contribution in [3.05, 3.63) is 39.7 Å². The Kier molecular flexibility index (Phi) is 4.26. The van der Waals surface area contributed by atoms with Crippen LogP contribution in [0.25, 0.3) is 10.9 Å². The van der Waals surface area contributed by atoms with E-state index in [1.54, 1.807) is 4.57 Å². The molecule has 0 spiro atoms. The van der Waals surface area contributed by atoms with Gasteiger partial charge < -0.3 is 14.0 Å². The number of aromatic nitrogens is 1. The van der Waals surface area contributed by atoms with E-state index in [4.69, 9.17) is 9.47 Å². The van der Waals surface area contributed by atoms with Gasteiger partial charge in [-0.2, -0.15) is 4.39 Å². The number of hydrogen-bond donors (Lipinski definition) is 0. The summed E-state index contributed by atoms with van der Waals surface area (Å²) in [6.07, 6.45) is 3.62. The quantitative estimate of drug-likeness (QED) is 0.786. The standard InChI is InChI=1S/C17H17F2NO4/c1-3-6-24-17(22)11-8-20(9-4-5-9)14-10(15(11)21)7-12(18)13(19)16(14)23-2/h7-9H,3-6H2,1-2H3. The molecule has 5 nitrogen and oxygen atoms in total. The number of carbonyl (C=O) groups is 1. The van der Waals surface area contributed by atoms with Crippen LogP contribution in [-0.4, -0.2) is 24.3 Å². The monoisotopic (exact) mass is 337 g/mol. The number of halogens is 2. The third kappa shape index (κ3) is 2.64. The summed E-state index contributed by atoms with van der Waals surface area (Å²) in [5.74, 6) is -3.44. The molecule has 1 saturated carbocycles. The van der Waals surface area contributed by atoms with Crippen molar-refractivity contribution in [3.8, 4) is 5.75 Å². The van der Waals surface area contributed by atoms with Crippen LogP contribution in [0.15, 0.2) is 17.1 Å². The first-order valence-electron chi connectivity index (χ1n) is 7.77. The van der Waals surface area contributed by atoms with Crippen LogP contribution in [0.2, 0.25) is 0 Å². The molecule has 2 aromatic rings. The lowest BCUT2D eigenvalue weighted by atomic mass is 10.1. The summed E-state index contributed by atoms with van der Waals surface area (Å²) in [6.45, 7) is 2.01. The third-order valence-electron chi connectivity index (χ3n) is 3.97. The van der Waals surface area contributed by atoms with Crippen molar-refractivity contribution < 1.29 is 23.0 Å². The number of fused-ring (bicyclic) bond motifs is 1. The first-order chi connectivity index (χ1) is 11.5. The van der Waals surface area contributed by atoms with E-state index in [-0.39, 0.29) is 34.9 Å². The van der Waals surface area contributed by atoms with E-state index >= 15 is 0 Å². The van der Waals surface area contributed by atoms with E-state index in [1.165, 1.54) is 13.3 Å². The van der Waals surface area contributed by atoms with Crippen LogP contribution in [0, 0.1) is 11.6 Å². The topological polar surface area (TPSA) is 57.5 Å². The van der Waals surface area contributed by atoms with Crippen molar-refractivity contribution in [3.63, 3.8) is 0 Å². The van der Waals surface area contributed by atoms with Crippen LogP contribution in [0.3, 0.4) is 0 Å². The predicted molar refractivity (Wildman–Crippen MR) is 83.5 cm³/mol. The molecule has 1 fully saturated rings. The van der Waals surface area contributed by atoms with Gasteiger partial charge in [0.25, 0.3) is 0 Å². The van der Waals surface area contributed by atoms with Crippen molar-refractivity contribution in [1.82, 2.24) is 4.57 Å². The van der Waals surface area contributed by atoms with Crippen molar-refractivity contribution >= 4 is 16.9 Å². The second kappa shape index (κ2) is 6.22. The molecular formula is C17H17F2NO4. The molecule has 3 rings (SSSR count). The number of methoxy groups -OCH3 is 1. The molecule has 7 heteroatoms. The number of rotatable bonds is 5. The lowest BCUT2D eigenvalue weighted by Gasteiger charge is -2.16. The zero-order valence-electron chi connectivity index (χ0n) is 13.4. The highest BCUT2D eigenvalue weighted by molar-refractivity contribution is 5.95. The summed E-state index contributed by atoms with van der Waals surface area (Å²) in [5, 5.41) is -0.0939. The maximum Gasteiger partial charge on any atom is 0.343 e. The Bertz CT molecular complexity index is 871. The van der Waals surface area contributed by atoms with Gasteiger partial charge in [0.1, 0.15) is 5.56 Å². The molecule has 1 aliphatic rings. The van der Waals surface area contributed by atoms with Crippen molar-refractivity contribution in [2.45, 2.75) is 32.2 Å². The summed E-state index contributed by atoms with van der Waals surface area (Å²) < 4.78 is 39.5. The van der Waals surface area contributed by atoms with Gasteiger partial charge in [0.05, 0.1) is 24.6 Å². The minimum atomic E-state index is -1.20. The largest absolute Gasteiger partial charge is 0.491 e. The fourth-order valence-corrected chi connectivity index (χ4v) is 2.67. The van der Waals surface area contributed by atoms with Crippen LogP contribution in [0.1, 0.15) is 42.6 Å². The number of carbonyl (C=O) groups excluding carboxylic acids is 1. The summed E-state index contributed by atoms with van der Waals surface area (Å²) >= 11 is 0. The highest BCUT2D eigenvalue weighted by Gasteiger charge is 2.30. The van der Waals surface area contributed by atoms with Crippen LogP contribution in [0.4, 0.5) is 8.78 Å². The molecule has 0 amide bonds. The van der Waals surface area contributed by atoms with E-state index in [0.717, 1.165) is 18.9 Å². The van der Waals surface area contributed by atoms with Crippen LogP contribution >= 0.6 is 0 Å². The normalized spacial score (nSPS) is 14.0. The van der Waals surface area contributed by atoms with E-state index in [9.17, 15) is 18.4 Å². The molecule has 128 valence electrons. The Hall–Kier alpha value is -2.44. The third-order valence-corrected chi connectivity index (χ3v) is 3.97. The lowest BCUT2D eigenvalue weighted by molar-refractivity contribution is 0.0503. The molecule has 24 heavy (non-hydrogen) atoms. The maximum absolute atomic E-state index is 14.0. The zero-order valence-corrected chi connectivity index (χ0v) is 13.4. The molecule has 1 aliphatic carbocycles. The van der Waals surface area contributed by atoms with Gasteiger partial charge in [-0.1, -0.05) is 6.92 Å². The highest BCUT2D eigenvalue weighted by Crippen LogP contribution is 2.40. The van der Waals surface area contributed by atoms with Gasteiger partial charge in [-0.25, -0.2) is 9.18 Å². The minimum Gasteiger partial charge on any atom is -0.491 e. The van der Waals surface area contributed by atoms with Crippen molar-refractivity contribution in [1.29, 1.82) is 0 Å². The fraction of sp³-hybridized carbons (Fsp3) is 0.412. The number of esters is 1. The molecule has 1 aromatic heterocycles. The SMILES string of the molecule is CCCOC(=O)c1cn(C2CC2)c2c(OC)c(F)c(F)cc2c1=O. The number of pyridine rings is 1. The fourth-order valence-electron chi connectivity index (χ4n) is 2.67. The maximum atomic E-state index is 14.0. The summed E-state index contributed by atoms with van der Waals surface area (Å²) in [6, 6.07) is 0.829. The van der Waals surface area contributed by atoms with Gasteiger partial charge in [0, 0.05) is 12.2 Å². The van der Waals surface area contributed by atoms with Crippen LogP contribution in [0.5, 0.6) is 5.75 Å². The second-order valence-corrected chi connectivity index (χ2v) is 5.75. The number of hydrogen-bond acceptors (Lipinski definition) is 4. The molecular weight excluding hydrogens is 320 g/mol. The molecule has 0 aliphatic heterocycles. The molecule has 1 aromatic carbocycles. The molecule has 0 N–H and O–H groups in total. The first-order valence-corrected chi connectivity index (χ1v) is 7.77. The molecule has 0 bridgehead atoms. The smallest absolute Gasteiger partial charge is 0.343 e. The van der Waals surface area contributed by atoms with Gasteiger partial charge in [0.15, 0.2) is 11.6 Å². The summed E-state index contributed by atoms with van der Waals surface area (Å²) in [7, 11) is 1.21. The molecule has 0 atom stereocenters. The zero-order chi connectivity index (χ0) is 17.4. The summed E-state index contributed by atoms with van der Waals surface area (Å²) in [5.41, 5.74) is -0.716. The number of ether oxygens (including phenoxy) is 2. The number of benzene rings is 1. The van der Waals surface area contributed by atoms with Crippen molar-refractivity contribution in [2.75, 3.05) is 13.7 Å². The average Bonchev–Trinajstić information content (AvgIpc) is 3.40. The van der Waals surface area contributed by atoms with E-state index < -0.39 is 23.0 Å². The first kappa shape index (κ1) is 16.4. The number of nitrogens with zero attached hydrogens (tertiary/aromatic N) is 1. The van der Waals surface area contributed by atoms with Crippen molar-refractivity contribution in [2.24, 2.45) is 0 Å². The Morgan fingerprint density at radius 1 is 1.38 bits per heavy atom. The predicted octanol–water partition coefficient (Wildman–Crippen LogP) is 3.19. The highest BCUT2D eigenvalue weighted by atomic mass is 19.2. The Morgan fingerprint density at radius 3 is 2.67 bits per heavy atom. The lowest BCUT2D eigenvalue weighted by Crippen LogP contribution is -2.22. The Labute approximate surface area is 136 Å². The molecule has 0 radical (unpaired) electrons.